The molecule has 2 bridgehead atoms. The third kappa shape index (κ3) is 4.79. The van der Waals surface area contributed by atoms with E-state index in [1.165, 1.54) is 23.2 Å². The number of anilines is 1. The molecule has 6 fully saturated rings. The van der Waals surface area contributed by atoms with Gasteiger partial charge in [0, 0.05) is 56.7 Å². The summed E-state index contributed by atoms with van der Waals surface area (Å²) in [7, 11) is 0. The van der Waals surface area contributed by atoms with Crippen molar-refractivity contribution in [3.63, 3.8) is 0 Å². The van der Waals surface area contributed by atoms with E-state index in [1.54, 1.807) is 0 Å². The van der Waals surface area contributed by atoms with Gasteiger partial charge in [-0.25, -0.2) is 9.78 Å². The molecule has 7 heteroatoms. The summed E-state index contributed by atoms with van der Waals surface area (Å²) in [6.45, 7) is 12.3. The van der Waals surface area contributed by atoms with Gasteiger partial charge in [-0.15, -0.1) is 0 Å². The zero-order valence-corrected chi connectivity index (χ0v) is 24.2. The molecule has 1 spiro atoms. The number of ether oxygens (including phenoxy) is 3. The summed E-state index contributed by atoms with van der Waals surface area (Å²) < 4.78 is 19.6. The molecule has 0 radical (unpaired) electrons. The van der Waals surface area contributed by atoms with E-state index < -0.39 is 17.7 Å². The summed E-state index contributed by atoms with van der Waals surface area (Å²) in [5, 5.41) is 0. The van der Waals surface area contributed by atoms with Crippen LogP contribution in [-0.4, -0.2) is 55.0 Å². The average Bonchev–Trinajstić information content (AvgIpc) is 3.21. The van der Waals surface area contributed by atoms with Crippen LogP contribution in [-0.2, 0) is 37.1 Å². The molecule has 0 aromatic heterocycles. The maximum atomic E-state index is 6.61. The molecule has 1 aliphatic carbocycles. The quantitative estimate of drug-likeness (QED) is 0.427. The van der Waals surface area contributed by atoms with Crippen molar-refractivity contribution < 1.29 is 24.0 Å². The zero-order chi connectivity index (χ0) is 27.3. The smallest absolute Gasteiger partial charge is 0.201 e. The third-order valence-corrected chi connectivity index (χ3v) is 10.4. The highest BCUT2D eigenvalue weighted by molar-refractivity contribution is 5.46. The van der Waals surface area contributed by atoms with Crippen LogP contribution in [0, 0.1) is 23.7 Å². The fourth-order valence-corrected chi connectivity index (χ4v) is 8.12. The molecule has 2 aromatic carbocycles. The molecule has 6 aliphatic rings. The van der Waals surface area contributed by atoms with Crippen LogP contribution in [0.25, 0.3) is 0 Å². The predicted molar refractivity (Wildman–Crippen MR) is 152 cm³/mol. The van der Waals surface area contributed by atoms with Crippen LogP contribution >= 0.6 is 0 Å². The van der Waals surface area contributed by atoms with Gasteiger partial charge in [0.1, 0.15) is 0 Å². The average molecular weight is 549 g/mol. The highest BCUT2D eigenvalue weighted by Crippen LogP contribution is 2.60. The van der Waals surface area contributed by atoms with Gasteiger partial charge in [-0.1, -0.05) is 56.3 Å². The van der Waals surface area contributed by atoms with E-state index in [0.717, 1.165) is 52.0 Å². The Kier molecular flexibility index (Phi) is 7.18. The van der Waals surface area contributed by atoms with Crippen LogP contribution in [0.5, 0.6) is 0 Å². The van der Waals surface area contributed by atoms with E-state index in [9.17, 15) is 0 Å². The molecular formula is C33H44N2O5. The van der Waals surface area contributed by atoms with Crippen LogP contribution in [0.3, 0.4) is 0 Å². The number of hydrogen-bond acceptors (Lipinski definition) is 7. The van der Waals surface area contributed by atoms with Crippen molar-refractivity contribution in [3.8, 4) is 0 Å². The van der Waals surface area contributed by atoms with E-state index in [2.05, 4.69) is 78.2 Å². The molecule has 0 N–H and O–H groups in total. The lowest BCUT2D eigenvalue weighted by Gasteiger charge is -2.60. The van der Waals surface area contributed by atoms with Gasteiger partial charge in [0.2, 0.25) is 5.79 Å². The fourth-order valence-electron chi connectivity index (χ4n) is 8.12. The zero-order valence-electron chi connectivity index (χ0n) is 24.2. The van der Waals surface area contributed by atoms with Gasteiger partial charge < -0.3 is 19.1 Å². The lowest BCUT2D eigenvalue weighted by atomic mass is 9.58. The summed E-state index contributed by atoms with van der Waals surface area (Å²) in [6, 6.07) is 19.6. The van der Waals surface area contributed by atoms with Crippen molar-refractivity contribution >= 4 is 5.69 Å². The highest BCUT2D eigenvalue weighted by atomic mass is 17.3. The summed E-state index contributed by atoms with van der Waals surface area (Å²) in [5.41, 5.74) is 3.29. The monoisotopic (exact) mass is 548 g/mol. The molecule has 5 saturated heterocycles. The van der Waals surface area contributed by atoms with E-state index >= 15 is 0 Å². The molecule has 1 saturated carbocycles. The number of fused-ring (bicyclic) bond motifs is 2. The Morgan fingerprint density at radius 1 is 0.875 bits per heavy atom. The maximum Gasteiger partial charge on any atom is 0.201 e. The standard InChI is InChI=1S/C33H44N2O5/c1-23-12-13-29-24(2)30(37-31-33(29)28(23)14-15-32(3,38-31)39-40-33)36-22-26-9-7-8-25(20-26)21-34-16-18-35(19-17-34)27-10-5-4-6-11-27/h4-11,20,23-24,28-31H,12-19,21-22H2,1-3H3/t23-,24-,28+,29?,30+,31?,32+,33-/m1/s1. The van der Waals surface area contributed by atoms with Crippen molar-refractivity contribution in [2.45, 2.75) is 83.6 Å². The molecular weight excluding hydrogens is 504 g/mol. The molecule has 0 amide bonds. The molecule has 5 aliphatic heterocycles. The first-order chi connectivity index (χ1) is 19.4. The number of hydrogen-bond donors (Lipinski definition) is 0. The van der Waals surface area contributed by atoms with E-state index in [-0.39, 0.29) is 18.1 Å². The first kappa shape index (κ1) is 26.9. The molecule has 216 valence electrons. The predicted octanol–water partition coefficient (Wildman–Crippen LogP) is 5.73. The molecule has 5 heterocycles. The minimum Gasteiger partial charge on any atom is -0.369 e. The number of benzene rings is 2. The molecule has 8 atom stereocenters. The second kappa shape index (κ2) is 10.7. The normalized spacial score (nSPS) is 39.5. The molecule has 7 nitrogen and oxygen atoms in total. The minimum absolute atomic E-state index is 0.185. The van der Waals surface area contributed by atoms with Crippen molar-refractivity contribution in [2.24, 2.45) is 23.7 Å². The highest BCUT2D eigenvalue weighted by Gasteiger charge is 2.69. The fraction of sp³-hybridized carbons (Fsp3) is 0.636. The summed E-state index contributed by atoms with van der Waals surface area (Å²) in [6.07, 6.45) is 3.34. The summed E-state index contributed by atoms with van der Waals surface area (Å²) >= 11 is 0. The Labute approximate surface area is 238 Å². The van der Waals surface area contributed by atoms with Crippen LogP contribution < -0.4 is 4.90 Å². The Bertz CT molecular complexity index is 1170. The second-order valence-electron chi connectivity index (χ2n) is 13.0. The number of rotatable bonds is 6. The number of nitrogens with zero attached hydrogens (tertiary/aromatic N) is 2. The number of para-hydroxylation sites is 1. The third-order valence-electron chi connectivity index (χ3n) is 10.4. The topological polar surface area (TPSA) is 52.6 Å². The second-order valence-corrected chi connectivity index (χ2v) is 13.0. The van der Waals surface area contributed by atoms with E-state index in [0.29, 0.717) is 18.4 Å². The van der Waals surface area contributed by atoms with Gasteiger partial charge in [-0.05, 0) is 61.3 Å². The molecule has 40 heavy (non-hydrogen) atoms. The van der Waals surface area contributed by atoms with Crippen molar-refractivity contribution in [3.05, 3.63) is 65.7 Å². The Morgan fingerprint density at radius 2 is 1.68 bits per heavy atom. The van der Waals surface area contributed by atoms with Crippen LogP contribution in [0.4, 0.5) is 5.69 Å². The summed E-state index contributed by atoms with van der Waals surface area (Å²) in [4.78, 5) is 17.3. The van der Waals surface area contributed by atoms with Crippen molar-refractivity contribution in [1.82, 2.24) is 4.90 Å². The van der Waals surface area contributed by atoms with E-state index in [4.69, 9.17) is 24.0 Å². The van der Waals surface area contributed by atoms with Gasteiger partial charge >= 0.3 is 0 Å². The van der Waals surface area contributed by atoms with Crippen molar-refractivity contribution in [2.75, 3.05) is 31.1 Å². The number of piperazine rings is 1. The van der Waals surface area contributed by atoms with Gasteiger partial charge in [0.25, 0.3) is 0 Å². The van der Waals surface area contributed by atoms with Gasteiger partial charge in [0.05, 0.1) is 6.61 Å². The first-order valence-electron chi connectivity index (χ1n) is 15.4. The van der Waals surface area contributed by atoms with E-state index in [1.807, 2.05) is 6.92 Å². The first-order valence-corrected chi connectivity index (χ1v) is 15.4. The van der Waals surface area contributed by atoms with Crippen LogP contribution in [0.15, 0.2) is 54.6 Å². The molecule has 2 unspecified atom stereocenters. The van der Waals surface area contributed by atoms with Gasteiger partial charge in [0.15, 0.2) is 18.2 Å². The summed E-state index contributed by atoms with van der Waals surface area (Å²) in [5.74, 6) is 0.633. The van der Waals surface area contributed by atoms with Crippen LogP contribution in [0.2, 0.25) is 0 Å². The largest absolute Gasteiger partial charge is 0.369 e. The lowest BCUT2D eigenvalue weighted by molar-refractivity contribution is -0.577. The van der Waals surface area contributed by atoms with Gasteiger partial charge in [-0.2, -0.15) is 0 Å². The molecule has 8 rings (SSSR count). The van der Waals surface area contributed by atoms with Gasteiger partial charge in [-0.3, -0.25) is 4.90 Å². The van der Waals surface area contributed by atoms with Crippen LogP contribution in [0.1, 0.15) is 57.6 Å². The lowest BCUT2D eigenvalue weighted by Crippen LogP contribution is -2.70. The SMILES string of the molecule is C[C@@H]1CCC2[C@@H](C)[C@@H](OCc3cccc(CN4CCN(c5ccccc5)CC4)c3)OC3O[C@]4(C)CC[C@@H]1[C@]32OO4. The molecule has 2 aromatic rings. The Hall–Kier alpha value is -2.00. The Balaban J connectivity index is 0.988. The maximum absolute atomic E-state index is 6.61. The minimum atomic E-state index is -0.760. The van der Waals surface area contributed by atoms with Crippen molar-refractivity contribution in [1.29, 1.82) is 0 Å². The Morgan fingerprint density at radius 3 is 2.50 bits per heavy atom.